The smallest absolute Gasteiger partial charge is 0.459 e. The van der Waals surface area contributed by atoms with E-state index in [1.165, 1.54) is 24.3 Å². The van der Waals surface area contributed by atoms with Crippen molar-refractivity contribution in [2.45, 2.75) is 43.9 Å². The predicted octanol–water partition coefficient (Wildman–Crippen LogP) is 5.39. The molecule has 0 N–H and O–H groups in total. The van der Waals surface area contributed by atoms with Crippen molar-refractivity contribution in [3.05, 3.63) is 29.8 Å². The Hall–Kier alpha value is -1.51. The lowest BCUT2D eigenvalue weighted by Gasteiger charge is -2.30. The molecule has 0 bridgehead atoms. The van der Waals surface area contributed by atoms with E-state index >= 15 is 0 Å². The number of benzene rings is 1. The Morgan fingerprint density at radius 1 is 1.04 bits per heavy atom. The van der Waals surface area contributed by atoms with Crippen LogP contribution in [0.5, 0.6) is 5.75 Å². The average Bonchev–Trinajstić information content (AvgIpc) is 2.49. The van der Waals surface area contributed by atoms with Crippen molar-refractivity contribution in [3.63, 3.8) is 0 Å². The Kier molecular flexibility index (Phi) is 6.49. The van der Waals surface area contributed by atoms with Crippen LogP contribution in [0.15, 0.2) is 24.3 Å². The zero-order chi connectivity index (χ0) is 18.6. The molecule has 0 aliphatic carbocycles. The third-order valence-electron chi connectivity index (χ3n) is 3.24. The van der Waals surface area contributed by atoms with Crippen LogP contribution in [0.25, 0.3) is 0 Å². The number of alkyl halides is 7. The molecule has 0 aliphatic heterocycles. The van der Waals surface area contributed by atoms with E-state index in [9.17, 15) is 30.7 Å². The highest BCUT2D eigenvalue weighted by Gasteiger charge is 2.73. The van der Waals surface area contributed by atoms with Crippen molar-refractivity contribution in [1.82, 2.24) is 0 Å². The maximum atomic E-state index is 13.5. The molecule has 1 aromatic carbocycles. The fourth-order valence-electron chi connectivity index (χ4n) is 1.93. The molecule has 0 aliphatic rings. The summed E-state index contributed by atoms with van der Waals surface area (Å²) in [5, 5.41) is 0. The Labute approximate surface area is 134 Å². The molecule has 1 atom stereocenters. The molecule has 0 heterocycles. The monoisotopic (exact) mass is 362 g/mol. The van der Waals surface area contributed by atoms with Gasteiger partial charge in [-0.15, -0.1) is 0 Å². The van der Waals surface area contributed by atoms with Crippen LogP contribution in [0.1, 0.15) is 31.4 Å². The minimum Gasteiger partial charge on any atom is -0.494 e. The first-order valence-corrected chi connectivity index (χ1v) is 7.04. The highest BCUT2D eigenvalue weighted by Crippen LogP contribution is 2.50. The highest BCUT2D eigenvalue weighted by atomic mass is 19.4. The van der Waals surface area contributed by atoms with Crippen molar-refractivity contribution in [2.24, 2.45) is 0 Å². The lowest BCUT2D eigenvalue weighted by atomic mass is 9.98. The molecule has 1 unspecified atom stereocenters. The van der Waals surface area contributed by atoms with Gasteiger partial charge in [0.25, 0.3) is 0 Å². The number of halogens is 7. The molecule has 24 heavy (non-hydrogen) atoms. The van der Waals surface area contributed by atoms with E-state index in [1.54, 1.807) is 0 Å². The van der Waals surface area contributed by atoms with Crippen molar-refractivity contribution in [3.8, 4) is 5.75 Å². The van der Waals surface area contributed by atoms with Crippen molar-refractivity contribution >= 4 is 0 Å². The zero-order valence-electron chi connectivity index (χ0n) is 13.0. The second-order valence-corrected chi connectivity index (χ2v) is 5.13. The fraction of sp³-hybridized carbons (Fsp3) is 0.600. The standard InChI is InChI=1S/C15H17F7O2/c1-3-7-24-11-6-4-5-10(8-11)12(23-2)9-13(16,17)14(18,19)15(20,21)22/h4-6,8,12H,3,7,9H2,1-2H3. The van der Waals surface area contributed by atoms with Gasteiger partial charge in [0.05, 0.1) is 12.7 Å². The Bertz CT molecular complexity index is 529. The first kappa shape index (κ1) is 20.5. The molecule has 0 spiro atoms. The quantitative estimate of drug-likeness (QED) is 0.578. The van der Waals surface area contributed by atoms with Crippen LogP contribution in [-0.4, -0.2) is 31.7 Å². The molecule has 1 rings (SSSR count). The summed E-state index contributed by atoms with van der Waals surface area (Å²) in [6.45, 7) is 2.17. The van der Waals surface area contributed by atoms with Gasteiger partial charge in [-0.25, -0.2) is 0 Å². The molecular weight excluding hydrogens is 345 g/mol. The summed E-state index contributed by atoms with van der Waals surface area (Å²) in [4.78, 5) is 0. The van der Waals surface area contributed by atoms with Gasteiger partial charge >= 0.3 is 18.0 Å². The van der Waals surface area contributed by atoms with Crippen LogP contribution in [0.3, 0.4) is 0 Å². The van der Waals surface area contributed by atoms with Crippen molar-refractivity contribution in [2.75, 3.05) is 13.7 Å². The molecule has 0 saturated carbocycles. The molecule has 2 nitrogen and oxygen atoms in total. The summed E-state index contributed by atoms with van der Waals surface area (Å²) < 4.78 is 99.7. The summed E-state index contributed by atoms with van der Waals surface area (Å²) in [6, 6.07) is 5.47. The van der Waals surface area contributed by atoms with E-state index in [4.69, 9.17) is 9.47 Å². The van der Waals surface area contributed by atoms with Gasteiger partial charge in [0.15, 0.2) is 0 Å². The van der Waals surface area contributed by atoms with Crippen LogP contribution in [-0.2, 0) is 4.74 Å². The van der Waals surface area contributed by atoms with E-state index in [0.29, 0.717) is 13.0 Å². The van der Waals surface area contributed by atoms with Crippen LogP contribution in [0.2, 0.25) is 0 Å². The lowest BCUT2D eigenvalue weighted by molar-refractivity contribution is -0.358. The number of ether oxygens (including phenoxy) is 2. The van der Waals surface area contributed by atoms with Gasteiger partial charge < -0.3 is 9.47 Å². The summed E-state index contributed by atoms with van der Waals surface area (Å²) in [5.41, 5.74) is 0.0174. The molecular formula is C15H17F7O2. The summed E-state index contributed by atoms with van der Waals surface area (Å²) >= 11 is 0. The van der Waals surface area contributed by atoms with Crippen LogP contribution < -0.4 is 4.74 Å². The largest absolute Gasteiger partial charge is 0.494 e. The first-order chi connectivity index (χ1) is 11.0. The van der Waals surface area contributed by atoms with Gasteiger partial charge in [0.1, 0.15) is 5.75 Å². The van der Waals surface area contributed by atoms with Crippen LogP contribution in [0.4, 0.5) is 30.7 Å². The third kappa shape index (κ3) is 4.52. The van der Waals surface area contributed by atoms with E-state index in [-0.39, 0.29) is 11.3 Å². The van der Waals surface area contributed by atoms with Crippen molar-refractivity contribution < 1.29 is 40.2 Å². The second-order valence-electron chi connectivity index (χ2n) is 5.13. The summed E-state index contributed by atoms with van der Waals surface area (Å²) in [7, 11) is 0.950. The molecule has 0 saturated heterocycles. The van der Waals surface area contributed by atoms with Crippen LogP contribution in [0, 0.1) is 0 Å². The molecule has 138 valence electrons. The molecule has 0 amide bonds. The lowest BCUT2D eigenvalue weighted by Crippen LogP contribution is -2.52. The SMILES string of the molecule is CCCOc1cccc(C(CC(F)(F)C(F)(F)C(F)(F)F)OC)c1. The third-order valence-corrected chi connectivity index (χ3v) is 3.24. The highest BCUT2D eigenvalue weighted by molar-refractivity contribution is 5.30. The maximum absolute atomic E-state index is 13.5. The number of hydrogen-bond acceptors (Lipinski definition) is 2. The predicted molar refractivity (Wildman–Crippen MR) is 72.5 cm³/mol. The molecule has 1 aromatic rings. The van der Waals surface area contributed by atoms with E-state index < -0.39 is 30.5 Å². The fourth-order valence-corrected chi connectivity index (χ4v) is 1.93. The van der Waals surface area contributed by atoms with E-state index in [2.05, 4.69) is 0 Å². The minimum atomic E-state index is -6.36. The van der Waals surface area contributed by atoms with Crippen LogP contribution >= 0.6 is 0 Å². The number of hydrogen-bond donors (Lipinski definition) is 0. The average molecular weight is 362 g/mol. The van der Waals surface area contributed by atoms with Gasteiger partial charge in [-0.3, -0.25) is 0 Å². The van der Waals surface area contributed by atoms with Gasteiger partial charge in [0, 0.05) is 13.5 Å². The normalized spacial score (nSPS) is 14.5. The first-order valence-electron chi connectivity index (χ1n) is 7.04. The topological polar surface area (TPSA) is 18.5 Å². The summed E-state index contributed by atoms with van der Waals surface area (Å²) in [5.74, 6) is -11.2. The molecule has 0 aromatic heterocycles. The van der Waals surface area contributed by atoms with Gasteiger partial charge in [-0.1, -0.05) is 19.1 Å². The van der Waals surface area contributed by atoms with Crippen molar-refractivity contribution in [1.29, 1.82) is 0 Å². The Morgan fingerprint density at radius 3 is 2.17 bits per heavy atom. The Balaban J connectivity index is 3.02. The molecule has 0 radical (unpaired) electrons. The van der Waals surface area contributed by atoms with E-state index in [1.807, 2.05) is 6.92 Å². The zero-order valence-corrected chi connectivity index (χ0v) is 13.0. The number of rotatable bonds is 8. The molecule has 9 heteroatoms. The summed E-state index contributed by atoms with van der Waals surface area (Å²) in [6.07, 6.45) is -9.17. The van der Waals surface area contributed by atoms with Gasteiger partial charge in [0.2, 0.25) is 0 Å². The second kappa shape index (κ2) is 7.58. The van der Waals surface area contributed by atoms with Gasteiger partial charge in [-0.05, 0) is 24.1 Å². The Morgan fingerprint density at radius 2 is 1.67 bits per heavy atom. The van der Waals surface area contributed by atoms with Gasteiger partial charge in [-0.2, -0.15) is 30.7 Å². The maximum Gasteiger partial charge on any atom is 0.459 e. The van der Waals surface area contributed by atoms with E-state index in [0.717, 1.165) is 7.11 Å². The number of methoxy groups -OCH3 is 1. The minimum absolute atomic E-state index is 0.0174. The molecule has 0 fully saturated rings.